The minimum absolute atomic E-state index is 0.0750. The fraction of sp³-hybridized carbons (Fsp3) is 0.190. The van der Waals surface area contributed by atoms with E-state index in [0.717, 1.165) is 25.0 Å². The normalized spacial score (nSPS) is 15.1. The van der Waals surface area contributed by atoms with Crippen molar-refractivity contribution in [3.8, 4) is 11.6 Å². The van der Waals surface area contributed by atoms with Crippen LogP contribution in [0.1, 0.15) is 28.9 Å². The molecule has 14 heteroatoms. The maximum Gasteiger partial charge on any atom is 0.573 e. The number of benzene rings is 1. The number of rotatable bonds is 5. The van der Waals surface area contributed by atoms with Gasteiger partial charge in [0.25, 0.3) is 5.91 Å². The first kappa shape index (κ1) is 22.2. The summed E-state index contributed by atoms with van der Waals surface area (Å²) in [5.74, 6) is -1.55. The summed E-state index contributed by atoms with van der Waals surface area (Å²) in [4.78, 5) is 37.8. The minimum atomic E-state index is -4.89. The van der Waals surface area contributed by atoms with Crippen LogP contribution in [0.4, 0.5) is 19.0 Å². The van der Waals surface area contributed by atoms with E-state index >= 15 is 0 Å². The highest BCUT2D eigenvalue weighted by Crippen LogP contribution is 2.24. The van der Waals surface area contributed by atoms with Gasteiger partial charge in [-0.3, -0.25) is 14.8 Å². The lowest BCUT2D eigenvalue weighted by molar-refractivity contribution is -0.274. The SMILES string of the molecule is O=C(Nc1cc(=NC2CC2)n2nc/c(=C\c3[nH]c(=O)[nH]c3O)c2n1)c1cccc(OC(F)(F)F)c1. The highest BCUT2D eigenvalue weighted by molar-refractivity contribution is 6.04. The number of carbonyl (C=O) groups is 1. The zero-order valence-electron chi connectivity index (χ0n) is 17.6. The third-order valence-corrected chi connectivity index (χ3v) is 4.95. The summed E-state index contributed by atoms with van der Waals surface area (Å²) >= 11 is 0. The van der Waals surface area contributed by atoms with E-state index in [0.29, 0.717) is 10.7 Å². The molecule has 3 heterocycles. The molecule has 0 unspecified atom stereocenters. The first-order valence-electron chi connectivity index (χ1n) is 10.3. The van der Waals surface area contributed by atoms with Crippen LogP contribution < -0.4 is 26.4 Å². The predicted octanol–water partition coefficient (Wildman–Crippen LogP) is 1.21. The second kappa shape index (κ2) is 8.30. The van der Waals surface area contributed by atoms with Crippen molar-refractivity contribution in [3.05, 3.63) is 69.0 Å². The van der Waals surface area contributed by atoms with Crippen LogP contribution in [-0.4, -0.2) is 48.0 Å². The van der Waals surface area contributed by atoms with Gasteiger partial charge in [0.2, 0.25) is 5.88 Å². The molecular weight excluding hydrogens is 471 g/mol. The number of amides is 1. The fourth-order valence-electron chi connectivity index (χ4n) is 3.28. The molecule has 1 fully saturated rings. The van der Waals surface area contributed by atoms with Crippen molar-refractivity contribution in [2.75, 3.05) is 5.32 Å². The molecule has 4 aromatic rings. The van der Waals surface area contributed by atoms with Gasteiger partial charge in [0, 0.05) is 16.8 Å². The Morgan fingerprint density at radius 2 is 2.09 bits per heavy atom. The molecule has 0 bridgehead atoms. The predicted molar refractivity (Wildman–Crippen MR) is 115 cm³/mol. The monoisotopic (exact) mass is 487 g/mol. The molecule has 0 atom stereocenters. The molecule has 0 radical (unpaired) electrons. The molecule has 1 saturated carbocycles. The largest absolute Gasteiger partial charge is 0.573 e. The van der Waals surface area contributed by atoms with Crippen molar-refractivity contribution in [2.45, 2.75) is 25.2 Å². The number of nitrogens with zero attached hydrogens (tertiary/aromatic N) is 4. The van der Waals surface area contributed by atoms with Crippen molar-refractivity contribution >= 4 is 23.4 Å². The number of hydrogen-bond donors (Lipinski definition) is 4. The van der Waals surface area contributed by atoms with Gasteiger partial charge >= 0.3 is 12.1 Å². The molecule has 11 nitrogen and oxygen atoms in total. The molecule has 0 saturated heterocycles. The molecule has 180 valence electrons. The summed E-state index contributed by atoms with van der Waals surface area (Å²) in [6.07, 6.45) is -0.212. The summed E-state index contributed by atoms with van der Waals surface area (Å²) in [5, 5.41) is 17.1. The van der Waals surface area contributed by atoms with Gasteiger partial charge in [-0.25, -0.2) is 9.78 Å². The molecule has 1 amide bonds. The third kappa shape index (κ3) is 5.00. The smallest absolute Gasteiger partial charge is 0.493 e. The Labute approximate surface area is 192 Å². The number of anilines is 1. The number of fused-ring (bicyclic) bond motifs is 1. The van der Waals surface area contributed by atoms with Gasteiger partial charge in [0.15, 0.2) is 11.1 Å². The second-order valence-electron chi connectivity index (χ2n) is 7.71. The summed E-state index contributed by atoms with van der Waals surface area (Å²) in [7, 11) is 0. The van der Waals surface area contributed by atoms with Gasteiger partial charge in [0.05, 0.1) is 12.2 Å². The summed E-state index contributed by atoms with van der Waals surface area (Å²) in [6.45, 7) is 0. The maximum atomic E-state index is 12.7. The van der Waals surface area contributed by atoms with Gasteiger partial charge in [-0.15, -0.1) is 13.2 Å². The molecule has 1 aliphatic carbocycles. The molecule has 1 aliphatic rings. The van der Waals surface area contributed by atoms with Crippen molar-refractivity contribution in [3.63, 3.8) is 0 Å². The lowest BCUT2D eigenvalue weighted by atomic mass is 10.2. The highest BCUT2D eigenvalue weighted by atomic mass is 19.4. The van der Waals surface area contributed by atoms with Crippen LogP contribution in [0.25, 0.3) is 11.7 Å². The number of aromatic nitrogens is 5. The van der Waals surface area contributed by atoms with E-state index in [-0.39, 0.29) is 34.6 Å². The summed E-state index contributed by atoms with van der Waals surface area (Å²) in [6, 6.07) is 6.22. The van der Waals surface area contributed by atoms with Crippen LogP contribution in [0.3, 0.4) is 0 Å². The number of aromatic amines is 2. The number of nitrogens with one attached hydrogen (secondary N) is 3. The third-order valence-electron chi connectivity index (χ3n) is 4.95. The number of carbonyl (C=O) groups excluding carboxylic acids is 1. The average Bonchev–Trinajstić information content (AvgIpc) is 3.41. The maximum absolute atomic E-state index is 12.7. The number of H-pyrrole nitrogens is 2. The first-order chi connectivity index (χ1) is 16.6. The van der Waals surface area contributed by atoms with Crippen molar-refractivity contribution in [1.29, 1.82) is 0 Å². The van der Waals surface area contributed by atoms with Crippen molar-refractivity contribution < 1.29 is 27.8 Å². The molecule has 35 heavy (non-hydrogen) atoms. The van der Waals surface area contributed by atoms with Crippen LogP contribution in [0, 0.1) is 0 Å². The molecular formula is C21H16F3N7O4. The highest BCUT2D eigenvalue weighted by Gasteiger charge is 2.31. The Kier molecular flexibility index (Phi) is 5.26. The fourth-order valence-corrected chi connectivity index (χ4v) is 3.28. The number of aromatic hydroxyl groups is 1. The Bertz CT molecular complexity index is 1620. The van der Waals surface area contributed by atoms with Gasteiger partial charge in [-0.05, 0) is 37.1 Å². The van der Waals surface area contributed by atoms with Crippen LogP contribution in [-0.2, 0) is 0 Å². The summed E-state index contributed by atoms with van der Waals surface area (Å²) < 4.78 is 42.9. The Morgan fingerprint density at radius 3 is 2.77 bits per heavy atom. The quantitative estimate of drug-likeness (QED) is 0.333. The van der Waals surface area contributed by atoms with Gasteiger partial charge in [-0.2, -0.15) is 9.61 Å². The van der Waals surface area contributed by atoms with E-state index in [1.807, 2.05) is 0 Å². The van der Waals surface area contributed by atoms with E-state index in [4.69, 9.17) is 0 Å². The molecule has 3 aromatic heterocycles. The Balaban J connectivity index is 1.54. The van der Waals surface area contributed by atoms with E-state index in [2.05, 4.69) is 35.1 Å². The van der Waals surface area contributed by atoms with Crippen molar-refractivity contribution in [1.82, 2.24) is 24.6 Å². The lowest BCUT2D eigenvalue weighted by Gasteiger charge is -2.10. The van der Waals surface area contributed by atoms with E-state index in [9.17, 15) is 27.9 Å². The average molecular weight is 487 g/mol. The summed E-state index contributed by atoms with van der Waals surface area (Å²) in [5.41, 5.74) is 0.0750. The number of halogens is 3. The number of imidazole rings is 1. The van der Waals surface area contributed by atoms with Crippen LogP contribution >= 0.6 is 0 Å². The molecule has 5 rings (SSSR count). The molecule has 4 N–H and O–H groups in total. The van der Waals surface area contributed by atoms with Crippen LogP contribution in [0.2, 0.25) is 0 Å². The molecule has 0 aliphatic heterocycles. The first-order valence-corrected chi connectivity index (χ1v) is 10.3. The van der Waals surface area contributed by atoms with E-state index in [1.54, 1.807) is 0 Å². The van der Waals surface area contributed by atoms with Gasteiger partial charge in [-0.1, -0.05) is 6.07 Å². The van der Waals surface area contributed by atoms with Crippen LogP contribution in [0.5, 0.6) is 11.6 Å². The number of hydrogen-bond acceptors (Lipinski definition) is 7. The van der Waals surface area contributed by atoms with Crippen LogP contribution in [0.15, 0.2) is 46.3 Å². The minimum Gasteiger partial charge on any atom is -0.493 e. The lowest BCUT2D eigenvalue weighted by Crippen LogP contribution is -2.22. The van der Waals surface area contributed by atoms with Crippen molar-refractivity contribution in [2.24, 2.45) is 4.99 Å². The van der Waals surface area contributed by atoms with Gasteiger partial charge in [0.1, 0.15) is 17.3 Å². The second-order valence-corrected chi connectivity index (χ2v) is 7.71. The van der Waals surface area contributed by atoms with E-state index < -0.39 is 23.7 Å². The number of alkyl halides is 3. The molecule has 1 aromatic carbocycles. The zero-order valence-corrected chi connectivity index (χ0v) is 17.6. The topological polar surface area (TPSA) is 150 Å². The molecule has 0 spiro atoms. The number of ether oxygens (including phenoxy) is 1. The van der Waals surface area contributed by atoms with E-state index in [1.165, 1.54) is 35.0 Å². The Morgan fingerprint density at radius 1 is 1.29 bits per heavy atom. The standard InChI is InChI=1S/C21H16F3N7O4/c22-21(23,24)35-13-3-1-2-10(6-13)18(32)29-15-8-16(26-12-4-5-12)31-17(28-15)11(9-25-31)7-14-19(33)30-20(34)27-14/h1-3,6-9,12,33H,4-5H2,(H,29,32)(H2,27,30,34)/b11-7+,26-16?. The Hall–Kier alpha value is -4.62. The zero-order chi connectivity index (χ0) is 24.7. The van der Waals surface area contributed by atoms with Gasteiger partial charge < -0.3 is 20.1 Å².